The van der Waals surface area contributed by atoms with Crippen molar-refractivity contribution in [3.05, 3.63) is 35.1 Å². The maximum absolute atomic E-state index is 13.5. The second-order valence-electron chi connectivity index (χ2n) is 4.72. The van der Waals surface area contributed by atoms with Gasteiger partial charge in [0.2, 0.25) is 0 Å². The summed E-state index contributed by atoms with van der Waals surface area (Å²) in [5, 5.41) is 0. The van der Waals surface area contributed by atoms with Crippen LogP contribution in [0.3, 0.4) is 0 Å². The number of nitrogens with zero attached hydrogens (tertiary/aromatic N) is 1. The van der Waals surface area contributed by atoms with E-state index in [2.05, 4.69) is 11.9 Å². The summed E-state index contributed by atoms with van der Waals surface area (Å²) < 4.78 is 13.5. The first kappa shape index (κ1) is 11.6. The van der Waals surface area contributed by atoms with E-state index in [4.69, 9.17) is 5.73 Å². The van der Waals surface area contributed by atoms with Gasteiger partial charge in [-0.1, -0.05) is 12.1 Å². The summed E-state index contributed by atoms with van der Waals surface area (Å²) >= 11 is 0. The second-order valence-corrected chi connectivity index (χ2v) is 4.72. The van der Waals surface area contributed by atoms with Crippen molar-refractivity contribution in [3.8, 4) is 0 Å². The molecule has 0 aliphatic carbocycles. The molecule has 1 saturated heterocycles. The normalized spacial score (nSPS) is 26.2. The molecule has 0 radical (unpaired) electrons. The highest BCUT2D eigenvalue weighted by Gasteiger charge is 2.32. The highest BCUT2D eigenvalue weighted by Crippen LogP contribution is 2.35. The fraction of sp³-hybridized carbons (Fsp3) is 0.538. The lowest BCUT2D eigenvalue weighted by Crippen LogP contribution is -2.25. The molecule has 0 aromatic heterocycles. The first-order valence-electron chi connectivity index (χ1n) is 5.80. The van der Waals surface area contributed by atoms with Crippen LogP contribution in [-0.4, -0.2) is 25.0 Å². The first-order valence-corrected chi connectivity index (χ1v) is 5.80. The van der Waals surface area contributed by atoms with Crippen molar-refractivity contribution in [3.63, 3.8) is 0 Å². The molecule has 0 saturated carbocycles. The Morgan fingerprint density at radius 3 is 2.88 bits per heavy atom. The Bertz CT molecular complexity index is 378. The van der Waals surface area contributed by atoms with Crippen LogP contribution < -0.4 is 5.73 Å². The number of hydrogen-bond acceptors (Lipinski definition) is 2. The zero-order chi connectivity index (χ0) is 11.7. The van der Waals surface area contributed by atoms with Crippen LogP contribution in [0.25, 0.3) is 0 Å². The molecule has 3 heteroatoms. The predicted molar refractivity (Wildman–Crippen MR) is 63.7 cm³/mol. The zero-order valence-corrected chi connectivity index (χ0v) is 9.91. The molecular formula is C13H19FN2. The molecule has 0 spiro atoms. The van der Waals surface area contributed by atoms with Crippen LogP contribution in [0.4, 0.5) is 4.39 Å². The van der Waals surface area contributed by atoms with Crippen molar-refractivity contribution in [1.82, 2.24) is 4.90 Å². The molecular weight excluding hydrogens is 203 g/mol. The van der Waals surface area contributed by atoms with Gasteiger partial charge in [-0.25, -0.2) is 4.39 Å². The molecule has 2 nitrogen and oxygen atoms in total. The van der Waals surface area contributed by atoms with E-state index in [0.29, 0.717) is 18.0 Å². The first-order chi connectivity index (χ1) is 7.63. The molecule has 1 fully saturated rings. The van der Waals surface area contributed by atoms with E-state index in [1.165, 1.54) is 0 Å². The number of likely N-dealkylation sites (tertiary alicyclic amines) is 1. The summed E-state index contributed by atoms with van der Waals surface area (Å²) in [7, 11) is 2.08. The minimum absolute atomic E-state index is 0.117. The molecule has 2 rings (SSSR count). The van der Waals surface area contributed by atoms with Gasteiger partial charge < -0.3 is 5.73 Å². The van der Waals surface area contributed by atoms with Crippen LogP contribution in [0.1, 0.15) is 23.6 Å². The van der Waals surface area contributed by atoms with Gasteiger partial charge in [-0.3, -0.25) is 4.90 Å². The fourth-order valence-electron chi connectivity index (χ4n) is 2.59. The molecule has 0 bridgehead atoms. The van der Waals surface area contributed by atoms with Crippen molar-refractivity contribution in [2.45, 2.75) is 19.4 Å². The number of benzene rings is 1. The third-order valence-corrected chi connectivity index (χ3v) is 3.61. The van der Waals surface area contributed by atoms with Gasteiger partial charge in [0, 0.05) is 6.04 Å². The molecule has 2 N–H and O–H groups in total. The number of rotatable bonds is 2. The average Bonchev–Trinajstić information content (AvgIpc) is 2.64. The Balaban J connectivity index is 2.31. The molecule has 1 aliphatic heterocycles. The van der Waals surface area contributed by atoms with Crippen LogP contribution in [0.15, 0.2) is 18.2 Å². The molecule has 1 aromatic rings. The van der Waals surface area contributed by atoms with Crippen molar-refractivity contribution in [2.75, 3.05) is 20.1 Å². The summed E-state index contributed by atoms with van der Waals surface area (Å²) in [6.45, 7) is 3.50. The van der Waals surface area contributed by atoms with E-state index < -0.39 is 0 Å². The number of nitrogens with two attached hydrogens (primary N) is 1. The second kappa shape index (κ2) is 4.52. The van der Waals surface area contributed by atoms with E-state index >= 15 is 0 Å². The topological polar surface area (TPSA) is 29.3 Å². The molecule has 88 valence electrons. The van der Waals surface area contributed by atoms with Gasteiger partial charge in [-0.2, -0.15) is 0 Å². The highest BCUT2D eigenvalue weighted by molar-refractivity contribution is 5.27. The van der Waals surface area contributed by atoms with Crippen LogP contribution in [-0.2, 0) is 0 Å². The van der Waals surface area contributed by atoms with Crippen LogP contribution >= 0.6 is 0 Å². The molecule has 0 amide bonds. The van der Waals surface area contributed by atoms with Gasteiger partial charge in [0.25, 0.3) is 0 Å². The van der Waals surface area contributed by atoms with Gasteiger partial charge in [0.15, 0.2) is 0 Å². The van der Waals surface area contributed by atoms with Crippen LogP contribution in [0, 0.1) is 18.7 Å². The fourth-order valence-corrected chi connectivity index (χ4v) is 2.59. The number of halogens is 1. The summed E-state index contributed by atoms with van der Waals surface area (Å²) in [4.78, 5) is 2.27. The van der Waals surface area contributed by atoms with Crippen molar-refractivity contribution < 1.29 is 4.39 Å². The summed E-state index contributed by atoms with van der Waals surface area (Å²) in [6.07, 6.45) is 1.10. The maximum atomic E-state index is 13.5. The van der Waals surface area contributed by atoms with Crippen LogP contribution in [0.5, 0.6) is 0 Å². The molecule has 2 atom stereocenters. The number of hydrogen-bond donors (Lipinski definition) is 1. The lowest BCUT2D eigenvalue weighted by molar-refractivity contribution is 0.279. The average molecular weight is 222 g/mol. The molecule has 1 aromatic carbocycles. The Morgan fingerprint density at radius 1 is 1.50 bits per heavy atom. The largest absolute Gasteiger partial charge is 0.330 e. The van der Waals surface area contributed by atoms with E-state index in [1.54, 1.807) is 13.0 Å². The highest BCUT2D eigenvalue weighted by atomic mass is 19.1. The van der Waals surface area contributed by atoms with Crippen LogP contribution in [0.2, 0.25) is 0 Å². The van der Waals surface area contributed by atoms with E-state index in [9.17, 15) is 4.39 Å². The minimum Gasteiger partial charge on any atom is -0.330 e. The quantitative estimate of drug-likeness (QED) is 0.830. The third kappa shape index (κ3) is 1.97. The molecule has 1 aliphatic rings. The predicted octanol–water partition coefficient (Wildman–Crippen LogP) is 2.09. The number of aryl methyl sites for hydroxylation is 1. The Kier molecular flexibility index (Phi) is 3.26. The molecule has 1 heterocycles. The smallest absolute Gasteiger partial charge is 0.126 e. The van der Waals surface area contributed by atoms with Crippen molar-refractivity contribution in [2.24, 2.45) is 11.7 Å². The van der Waals surface area contributed by atoms with E-state index in [1.807, 2.05) is 12.1 Å². The van der Waals surface area contributed by atoms with E-state index in [-0.39, 0.29) is 11.9 Å². The van der Waals surface area contributed by atoms with Gasteiger partial charge in [-0.05, 0) is 56.6 Å². The summed E-state index contributed by atoms with van der Waals surface area (Å²) in [5.41, 5.74) is 7.53. The summed E-state index contributed by atoms with van der Waals surface area (Å²) in [5.74, 6) is 0.334. The Hall–Kier alpha value is -0.930. The SMILES string of the molecule is Cc1ccc(C2C(CN)CCN2C)cc1F. The Morgan fingerprint density at radius 2 is 2.25 bits per heavy atom. The van der Waals surface area contributed by atoms with E-state index in [0.717, 1.165) is 18.5 Å². The Labute approximate surface area is 96.2 Å². The minimum atomic E-state index is -0.117. The summed E-state index contributed by atoms with van der Waals surface area (Å²) in [6, 6.07) is 5.81. The zero-order valence-electron chi connectivity index (χ0n) is 9.91. The lowest BCUT2D eigenvalue weighted by atomic mass is 9.93. The van der Waals surface area contributed by atoms with Gasteiger partial charge in [0.1, 0.15) is 5.82 Å². The maximum Gasteiger partial charge on any atom is 0.126 e. The standard InChI is InChI=1S/C13H19FN2/c1-9-3-4-10(7-12(9)14)13-11(8-15)5-6-16(13)2/h3-4,7,11,13H,5-6,8,15H2,1-2H3. The third-order valence-electron chi connectivity index (χ3n) is 3.61. The van der Waals surface area contributed by atoms with Crippen molar-refractivity contribution >= 4 is 0 Å². The monoisotopic (exact) mass is 222 g/mol. The van der Waals surface area contributed by atoms with Gasteiger partial charge >= 0.3 is 0 Å². The van der Waals surface area contributed by atoms with Gasteiger partial charge in [0.05, 0.1) is 0 Å². The van der Waals surface area contributed by atoms with Gasteiger partial charge in [-0.15, -0.1) is 0 Å². The van der Waals surface area contributed by atoms with Crippen molar-refractivity contribution in [1.29, 1.82) is 0 Å². The molecule has 2 unspecified atom stereocenters. The molecule has 16 heavy (non-hydrogen) atoms. The lowest BCUT2D eigenvalue weighted by Gasteiger charge is -2.25.